The fourth-order valence-corrected chi connectivity index (χ4v) is 1.76. The zero-order valence-corrected chi connectivity index (χ0v) is 8.62. The molecule has 16 heavy (non-hydrogen) atoms. The third-order valence-electron chi connectivity index (χ3n) is 2.85. The number of carbonyl (C=O) groups is 2. The van der Waals surface area contributed by atoms with Gasteiger partial charge in [-0.05, 0) is 12.3 Å². The molecule has 1 fully saturated rings. The van der Waals surface area contributed by atoms with Crippen LogP contribution in [0.3, 0.4) is 0 Å². The molecule has 1 rings (SSSR count). The van der Waals surface area contributed by atoms with Crippen molar-refractivity contribution in [3.8, 4) is 0 Å². The average molecular weight is 239 g/mol. The smallest absolute Gasteiger partial charge is 0.471 e. The van der Waals surface area contributed by atoms with Crippen LogP contribution >= 0.6 is 0 Å². The van der Waals surface area contributed by atoms with Crippen molar-refractivity contribution < 1.29 is 27.9 Å². The lowest BCUT2D eigenvalue weighted by Gasteiger charge is -2.19. The molecule has 0 aromatic heterocycles. The number of amides is 1. The largest absolute Gasteiger partial charge is 0.481 e. The van der Waals surface area contributed by atoms with E-state index in [9.17, 15) is 22.8 Å². The molecule has 92 valence electrons. The molecule has 2 atom stereocenters. The molecule has 0 aliphatic carbocycles. The monoisotopic (exact) mass is 239 g/mol. The highest BCUT2D eigenvalue weighted by Gasteiger charge is 2.45. The molecular weight excluding hydrogens is 227 g/mol. The van der Waals surface area contributed by atoms with E-state index >= 15 is 0 Å². The summed E-state index contributed by atoms with van der Waals surface area (Å²) in [6.07, 6.45) is -4.57. The molecule has 1 aliphatic rings. The number of rotatable bonds is 2. The highest BCUT2D eigenvalue weighted by atomic mass is 19.4. The number of likely N-dealkylation sites (tertiary alicyclic amines) is 1. The number of halogens is 3. The standard InChI is InChI=1S/C9H12F3NO3/c1-5(7(14)15)6-2-3-13(4-6)8(16)9(10,11)12/h5-6H,2-4H2,1H3,(H,14,15). The van der Waals surface area contributed by atoms with Crippen LogP contribution in [0.2, 0.25) is 0 Å². The second kappa shape index (κ2) is 4.31. The van der Waals surface area contributed by atoms with Crippen molar-refractivity contribution in [2.24, 2.45) is 11.8 Å². The summed E-state index contributed by atoms with van der Waals surface area (Å²) in [6.45, 7) is 1.28. The maximum Gasteiger partial charge on any atom is 0.471 e. The van der Waals surface area contributed by atoms with E-state index in [2.05, 4.69) is 0 Å². The molecule has 4 nitrogen and oxygen atoms in total. The normalized spacial score (nSPS) is 23.2. The highest BCUT2D eigenvalue weighted by molar-refractivity contribution is 5.82. The molecule has 0 aromatic carbocycles. The molecular formula is C9H12F3NO3. The van der Waals surface area contributed by atoms with Crippen molar-refractivity contribution in [3.63, 3.8) is 0 Å². The van der Waals surface area contributed by atoms with E-state index in [1.165, 1.54) is 6.92 Å². The molecule has 0 aromatic rings. The van der Waals surface area contributed by atoms with Crippen LogP contribution in [-0.2, 0) is 9.59 Å². The van der Waals surface area contributed by atoms with E-state index in [0.717, 1.165) is 0 Å². The quantitative estimate of drug-likeness (QED) is 0.785. The predicted octanol–water partition coefficient (Wildman–Crippen LogP) is 1.12. The topological polar surface area (TPSA) is 57.6 Å². The Morgan fingerprint density at radius 1 is 1.44 bits per heavy atom. The van der Waals surface area contributed by atoms with Crippen LogP contribution in [0.5, 0.6) is 0 Å². The first kappa shape index (κ1) is 12.8. The van der Waals surface area contributed by atoms with Gasteiger partial charge in [-0.15, -0.1) is 0 Å². The van der Waals surface area contributed by atoms with Gasteiger partial charge in [-0.2, -0.15) is 13.2 Å². The lowest BCUT2D eigenvalue weighted by Crippen LogP contribution is -2.40. The van der Waals surface area contributed by atoms with Gasteiger partial charge < -0.3 is 10.0 Å². The Labute approximate surface area is 90.0 Å². The Kier molecular flexibility index (Phi) is 3.44. The second-order valence-electron chi connectivity index (χ2n) is 3.92. The minimum atomic E-state index is -4.87. The van der Waals surface area contributed by atoms with Crippen LogP contribution in [0.4, 0.5) is 13.2 Å². The van der Waals surface area contributed by atoms with Gasteiger partial charge in [0.25, 0.3) is 0 Å². The average Bonchev–Trinajstić information content (AvgIpc) is 2.62. The molecule has 0 spiro atoms. The Morgan fingerprint density at radius 3 is 2.44 bits per heavy atom. The molecule has 1 saturated heterocycles. The molecule has 0 saturated carbocycles. The van der Waals surface area contributed by atoms with Crippen LogP contribution < -0.4 is 0 Å². The summed E-state index contributed by atoms with van der Waals surface area (Å²) in [5.41, 5.74) is 0. The van der Waals surface area contributed by atoms with Gasteiger partial charge in [0.05, 0.1) is 5.92 Å². The van der Waals surface area contributed by atoms with Crippen molar-refractivity contribution in [1.82, 2.24) is 4.90 Å². The van der Waals surface area contributed by atoms with Crippen molar-refractivity contribution in [3.05, 3.63) is 0 Å². The van der Waals surface area contributed by atoms with E-state index in [-0.39, 0.29) is 13.1 Å². The third kappa shape index (κ3) is 2.65. The van der Waals surface area contributed by atoms with Gasteiger partial charge in [0.1, 0.15) is 0 Å². The minimum Gasteiger partial charge on any atom is -0.481 e. The first-order valence-corrected chi connectivity index (χ1v) is 4.82. The lowest BCUT2D eigenvalue weighted by atomic mass is 9.94. The fraction of sp³-hybridized carbons (Fsp3) is 0.778. The van der Waals surface area contributed by atoms with E-state index in [0.29, 0.717) is 11.3 Å². The maximum atomic E-state index is 12.1. The Morgan fingerprint density at radius 2 is 2.00 bits per heavy atom. The number of hydrogen-bond acceptors (Lipinski definition) is 2. The number of alkyl halides is 3. The SMILES string of the molecule is CC(C(=O)O)C1CCN(C(=O)C(F)(F)F)C1. The van der Waals surface area contributed by atoms with Gasteiger partial charge in [0.15, 0.2) is 0 Å². The number of carboxylic acid groups (broad SMARTS) is 1. The molecule has 2 unspecified atom stereocenters. The van der Waals surface area contributed by atoms with Crippen LogP contribution in [-0.4, -0.2) is 41.1 Å². The fourth-order valence-electron chi connectivity index (χ4n) is 1.76. The van der Waals surface area contributed by atoms with Crippen molar-refractivity contribution >= 4 is 11.9 Å². The van der Waals surface area contributed by atoms with Crippen LogP contribution in [0, 0.1) is 11.8 Å². The van der Waals surface area contributed by atoms with Crippen LogP contribution in [0.25, 0.3) is 0 Å². The number of carbonyl (C=O) groups excluding carboxylic acids is 1. The van der Waals surface area contributed by atoms with E-state index in [4.69, 9.17) is 5.11 Å². The molecule has 1 N–H and O–H groups in total. The highest BCUT2D eigenvalue weighted by Crippen LogP contribution is 2.28. The Balaban J connectivity index is 2.60. The summed E-state index contributed by atoms with van der Waals surface area (Å²) in [5, 5.41) is 8.70. The van der Waals surface area contributed by atoms with Crippen molar-refractivity contribution in [2.45, 2.75) is 19.5 Å². The van der Waals surface area contributed by atoms with E-state index < -0.39 is 29.9 Å². The zero-order valence-electron chi connectivity index (χ0n) is 8.62. The molecule has 1 amide bonds. The lowest BCUT2D eigenvalue weighted by molar-refractivity contribution is -0.184. The molecule has 1 heterocycles. The first-order chi connectivity index (χ1) is 7.23. The number of hydrogen-bond donors (Lipinski definition) is 1. The number of aliphatic carboxylic acids is 1. The molecule has 0 radical (unpaired) electrons. The van der Waals surface area contributed by atoms with Crippen molar-refractivity contribution in [2.75, 3.05) is 13.1 Å². The summed E-state index contributed by atoms with van der Waals surface area (Å²) >= 11 is 0. The number of nitrogens with zero attached hydrogens (tertiary/aromatic N) is 1. The second-order valence-corrected chi connectivity index (χ2v) is 3.92. The van der Waals surface area contributed by atoms with Gasteiger partial charge >= 0.3 is 18.1 Å². The Bertz CT molecular complexity index is 303. The van der Waals surface area contributed by atoms with Gasteiger partial charge in [-0.25, -0.2) is 0 Å². The van der Waals surface area contributed by atoms with Gasteiger partial charge in [0, 0.05) is 13.1 Å². The van der Waals surface area contributed by atoms with Gasteiger partial charge in [-0.3, -0.25) is 9.59 Å². The van der Waals surface area contributed by atoms with Gasteiger partial charge in [0.2, 0.25) is 0 Å². The molecule has 0 bridgehead atoms. The van der Waals surface area contributed by atoms with Crippen LogP contribution in [0.15, 0.2) is 0 Å². The summed E-state index contributed by atoms with van der Waals surface area (Å²) in [6, 6.07) is 0. The summed E-state index contributed by atoms with van der Waals surface area (Å²) in [5.74, 6) is -4.06. The van der Waals surface area contributed by atoms with Gasteiger partial charge in [-0.1, -0.05) is 6.92 Å². The minimum absolute atomic E-state index is 0.0272. The summed E-state index contributed by atoms with van der Waals surface area (Å²) in [7, 11) is 0. The van der Waals surface area contributed by atoms with Crippen molar-refractivity contribution in [1.29, 1.82) is 0 Å². The summed E-state index contributed by atoms with van der Waals surface area (Å²) < 4.78 is 36.2. The predicted molar refractivity (Wildman–Crippen MR) is 47.5 cm³/mol. The summed E-state index contributed by atoms with van der Waals surface area (Å²) in [4.78, 5) is 22.2. The molecule has 7 heteroatoms. The zero-order chi connectivity index (χ0) is 12.5. The maximum absolute atomic E-state index is 12.1. The van der Waals surface area contributed by atoms with E-state index in [1.807, 2.05) is 0 Å². The third-order valence-corrected chi connectivity index (χ3v) is 2.85. The molecule has 1 aliphatic heterocycles. The first-order valence-electron chi connectivity index (χ1n) is 4.82. The number of carboxylic acids is 1. The van der Waals surface area contributed by atoms with Crippen LogP contribution in [0.1, 0.15) is 13.3 Å². The Hall–Kier alpha value is -1.27. The van der Waals surface area contributed by atoms with E-state index in [1.54, 1.807) is 0 Å².